The number of halogens is 1. The van der Waals surface area contributed by atoms with Crippen molar-refractivity contribution in [3.8, 4) is 0 Å². The van der Waals surface area contributed by atoms with Gasteiger partial charge in [-0.2, -0.15) is 5.10 Å². The standard InChI is InChI=1S/C22H27ClN6O/c1-13-12-28(7-6-22(13,3)30)20-9-18-15(8-17(20)23)10-24-21(26-18)27-19-11-25-29(14(19)2)16-4-5-16/h8-11,13,16,30H,4-7,12H2,1-3H3,(H,24,26,27)/t13-,22+/m1/s1. The zero-order valence-corrected chi connectivity index (χ0v) is 18.3. The predicted molar refractivity (Wildman–Crippen MR) is 120 cm³/mol. The molecule has 0 radical (unpaired) electrons. The molecule has 3 aromatic rings. The number of benzene rings is 1. The zero-order valence-electron chi connectivity index (χ0n) is 17.6. The molecule has 2 aromatic heterocycles. The highest BCUT2D eigenvalue weighted by Gasteiger charge is 2.35. The molecular weight excluding hydrogens is 400 g/mol. The third kappa shape index (κ3) is 3.50. The SMILES string of the molecule is Cc1c(Nc2ncc3cc(Cl)c(N4CC[C@](C)(O)[C@H](C)C4)cc3n2)cnn1C1CC1. The van der Waals surface area contributed by atoms with Gasteiger partial charge in [-0.3, -0.25) is 4.68 Å². The number of rotatable bonds is 4. The number of aromatic nitrogens is 4. The van der Waals surface area contributed by atoms with Crippen LogP contribution in [0.3, 0.4) is 0 Å². The summed E-state index contributed by atoms with van der Waals surface area (Å²) in [7, 11) is 0. The Kier molecular flexibility index (Phi) is 4.63. The molecule has 2 atom stereocenters. The summed E-state index contributed by atoms with van der Waals surface area (Å²) < 4.78 is 2.08. The minimum absolute atomic E-state index is 0.159. The molecule has 0 spiro atoms. The van der Waals surface area contributed by atoms with E-state index in [4.69, 9.17) is 16.6 Å². The van der Waals surface area contributed by atoms with Crippen LogP contribution < -0.4 is 10.2 Å². The van der Waals surface area contributed by atoms with Crippen LogP contribution in [0.2, 0.25) is 5.02 Å². The summed E-state index contributed by atoms with van der Waals surface area (Å²) in [6.07, 6.45) is 6.74. The number of fused-ring (bicyclic) bond motifs is 1. The molecule has 0 amide bonds. The van der Waals surface area contributed by atoms with E-state index in [1.165, 1.54) is 12.8 Å². The molecule has 1 aromatic carbocycles. The van der Waals surface area contributed by atoms with Gasteiger partial charge in [-0.1, -0.05) is 18.5 Å². The summed E-state index contributed by atoms with van der Waals surface area (Å²) >= 11 is 6.60. The lowest BCUT2D eigenvalue weighted by Crippen LogP contribution is -2.49. The Bertz CT molecular complexity index is 1110. The molecule has 1 saturated heterocycles. The largest absolute Gasteiger partial charge is 0.390 e. The van der Waals surface area contributed by atoms with Crippen molar-refractivity contribution in [2.45, 2.75) is 51.7 Å². The summed E-state index contributed by atoms with van der Waals surface area (Å²) in [4.78, 5) is 11.4. The van der Waals surface area contributed by atoms with Gasteiger partial charge >= 0.3 is 0 Å². The first-order chi connectivity index (χ1) is 14.3. The minimum atomic E-state index is -0.637. The molecule has 0 unspecified atom stereocenters. The lowest BCUT2D eigenvalue weighted by Gasteiger charge is -2.42. The van der Waals surface area contributed by atoms with Crippen molar-refractivity contribution in [2.24, 2.45) is 5.92 Å². The molecule has 7 nitrogen and oxygen atoms in total. The van der Waals surface area contributed by atoms with Crippen LogP contribution in [-0.4, -0.2) is 43.5 Å². The highest BCUT2D eigenvalue weighted by Crippen LogP contribution is 2.38. The Morgan fingerprint density at radius 1 is 1.27 bits per heavy atom. The molecule has 1 aliphatic heterocycles. The van der Waals surface area contributed by atoms with Crippen molar-refractivity contribution >= 4 is 39.8 Å². The number of aliphatic hydroxyl groups is 1. The van der Waals surface area contributed by atoms with E-state index in [1.54, 1.807) is 6.20 Å². The van der Waals surface area contributed by atoms with E-state index >= 15 is 0 Å². The van der Waals surface area contributed by atoms with Crippen LogP contribution in [0.4, 0.5) is 17.3 Å². The summed E-state index contributed by atoms with van der Waals surface area (Å²) in [5.74, 6) is 0.704. The number of nitrogens with one attached hydrogen (secondary N) is 1. The Balaban J connectivity index is 1.43. The molecule has 5 rings (SSSR count). The van der Waals surface area contributed by atoms with E-state index < -0.39 is 5.60 Å². The molecule has 2 N–H and O–H groups in total. The van der Waals surface area contributed by atoms with Gasteiger partial charge < -0.3 is 15.3 Å². The fraction of sp³-hybridized carbons (Fsp3) is 0.500. The molecule has 1 saturated carbocycles. The molecule has 30 heavy (non-hydrogen) atoms. The zero-order chi connectivity index (χ0) is 21.0. The third-order valence-electron chi connectivity index (χ3n) is 6.62. The highest BCUT2D eigenvalue weighted by atomic mass is 35.5. The topological polar surface area (TPSA) is 79.1 Å². The molecule has 0 bridgehead atoms. The van der Waals surface area contributed by atoms with Gasteiger partial charge in [0.2, 0.25) is 5.95 Å². The highest BCUT2D eigenvalue weighted by molar-refractivity contribution is 6.34. The molecule has 8 heteroatoms. The van der Waals surface area contributed by atoms with Gasteiger partial charge in [0.1, 0.15) is 0 Å². The van der Waals surface area contributed by atoms with Crippen molar-refractivity contribution in [1.29, 1.82) is 0 Å². The normalized spacial score (nSPS) is 24.4. The van der Waals surface area contributed by atoms with Crippen LogP contribution in [0, 0.1) is 12.8 Å². The van der Waals surface area contributed by atoms with Crippen LogP contribution in [-0.2, 0) is 0 Å². The second-order valence-corrected chi connectivity index (χ2v) is 9.36. The van der Waals surface area contributed by atoms with Gasteiger partial charge in [0.15, 0.2) is 0 Å². The van der Waals surface area contributed by atoms with Crippen molar-refractivity contribution in [3.63, 3.8) is 0 Å². The van der Waals surface area contributed by atoms with Crippen molar-refractivity contribution in [2.75, 3.05) is 23.3 Å². The first-order valence-electron chi connectivity index (χ1n) is 10.6. The molecule has 2 aliphatic rings. The van der Waals surface area contributed by atoms with Crippen molar-refractivity contribution in [3.05, 3.63) is 35.2 Å². The van der Waals surface area contributed by atoms with Gasteiger partial charge in [-0.15, -0.1) is 0 Å². The molecule has 2 fully saturated rings. The first-order valence-corrected chi connectivity index (χ1v) is 10.9. The maximum absolute atomic E-state index is 10.5. The minimum Gasteiger partial charge on any atom is -0.390 e. The van der Waals surface area contributed by atoms with E-state index in [0.29, 0.717) is 23.4 Å². The van der Waals surface area contributed by atoms with Crippen LogP contribution in [0.1, 0.15) is 44.8 Å². The first kappa shape index (κ1) is 19.6. The van der Waals surface area contributed by atoms with Gasteiger partial charge in [0, 0.05) is 30.6 Å². The molecule has 3 heterocycles. The lowest BCUT2D eigenvalue weighted by atomic mass is 9.84. The number of anilines is 3. The van der Waals surface area contributed by atoms with Gasteiger partial charge in [-0.25, -0.2) is 9.97 Å². The van der Waals surface area contributed by atoms with Crippen molar-refractivity contribution < 1.29 is 5.11 Å². The van der Waals surface area contributed by atoms with Crippen LogP contribution >= 0.6 is 11.6 Å². The summed E-state index contributed by atoms with van der Waals surface area (Å²) in [5.41, 5.74) is 3.19. The molecule has 158 valence electrons. The summed E-state index contributed by atoms with van der Waals surface area (Å²) in [6, 6.07) is 4.48. The maximum Gasteiger partial charge on any atom is 0.227 e. The molecule has 1 aliphatic carbocycles. The summed E-state index contributed by atoms with van der Waals surface area (Å²) in [5, 5.41) is 19.9. The summed E-state index contributed by atoms with van der Waals surface area (Å²) in [6.45, 7) is 7.58. The smallest absolute Gasteiger partial charge is 0.227 e. The fourth-order valence-electron chi connectivity index (χ4n) is 4.14. The Labute approximate surface area is 181 Å². The Hall–Kier alpha value is -2.38. The molecular formula is C22H27ClN6O. The van der Waals surface area contributed by atoms with Gasteiger partial charge in [0.25, 0.3) is 0 Å². The van der Waals surface area contributed by atoms with Crippen LogP contribution in [0.5, 0.6) is 0 Å². The second kappa shape index (κ2) is 7.10. The van der Waals surface area contributed by atoms with E-state index in [0.717, 1.165) is 41.1 Å². The number of piperidine rings is 1. The monoisotopic (exact) mass is 426 g/mol. The van der Waals surface area contributed by atoms with Crippen LogP contribution in [0.25, 0.3) is 10.9 Å². The quantitative estimate of drug-likeness (QED) is 0.641. The average Bonchev–Trinajstić information content (AvgIpc) is 3.48. The third-order valence-corrected chi connectivity index (χ3v) is 6.92. The lowest BCUT2D eigenvalue weighted by molar-refractivity contribution is -0.00933. The Morgan fingerprint density at radius 2 is 2.07 bits per heavy atom. The second-order valence-electron chi connectivity index (χ2n) is 8.95. The van der Waals surface area contributed by atoms with E-state index in [-0.39, 0.29) is 5.92 Å². The van der Waals surface area contributed by atoms with Gasteiger partial charge in [0.05, 0.1) is 45.4 Å². The number of nitrogens with zero attached hydrogens (tertiary/aromatic N) is 5. The van der Waals surface area contributed by atoms with E-state index in [9.17, 15) is 5.11 Å². The van der Waals surface area contributed by atoms with E-state index in [1.807, 2.05) is 25.3 Å². The average molecular weight is 427 g/mol. The Morgan fingerprint density at radius 3 is 2.80 bits per heavy atom. The number of hydrogen-bond donors (Lipinski definition) is 2. The maximum atomic E-state index is 10.5. The fourth-order valence-corrected chi connectivity index (χ4v) is 4.43. The van der Waals surface area contributed by atoms with Gasteiger partial charge in [-0.05, 0) is 45.2 Å². The van der Waals surface area contributed by atoms with Crippen LogP contribution in [0.15, 0.2) is 24.5 Å². The number of hydrogen-bond acceptors (Lipinski definition) is 6. The predicted octanol–water partition coefficient (Wildman–Crippen LogP) is 4.46. The van der Waals surface area contributed by atoms with Crippen molar-refractivity contribution in [1.82, 2.24) is 19.7 Å². The van der Waals surface area contributed by atoms with E-state index in [2.05, 4.69) is 38.8 Å².